The van der Waals surface area contributed by atoms with Crippen molar-refractivity contribution in [1.29, 1.82) is 0 Å². The SMILES string of the molecule is Cc1cc(O)c2c3c(cc(O)c2c1)C(=O)c1c(ccc(C2CC4OC5OC(C)C(=O)CC5OC4C(C)O2)c1O)C3=O. The second-order valence-corrected chi connectivity index (χ2v) is 11.3. The lowest BCUT2D eigenvalue weighted by Crippen LogP contribution is -2.60. The van der Waals surface area contributed by atoms with Gasteiger partial charge in [0.2, 0.25) is 0 Å². The Bertz CT molecular complexity index is 1680. The van der Waals surface area contributed by atoms with Crippen molar-refractivity contribution in [3.63, 3.8) is 0 Å². The zero-order valence-corrected chi connectivity index (χ0v) is 22.5. The van der Waals surface area contributed by atoms with Crippen LogP contribution in [0.1, 0.15) is 75.8 Å². The van der Waals surface area contributed by atoms with Crippen LogP contribution in [-0.2, 0) is 23.7 Å². The summed E-state index contributed by atoms with van der Waals surface area (Å²) in [6, 6.07) is 7.32. The molecular weight excluding hydrogens is 532 g/mol. The number of phenolic OH excluding ortho intramolecular Hbond substituents is 3. The lowest BCUT2D eigenvalue weighted by molar-refractivity contribution is -0.346. The van der Waals surface area contributed by atoms with Gasteiger partial charge in [0.25, 0.3) is 0 Å². The summed E-state index contributed by atoms with van der Waals surface area (Å²) in [5, 5.41) is 33.1. The van der Waals surface area contributed by atoms with Crippen molar-refractivity contribution in [2.24, 2.45) is 0 Å². The lowest BCUT2D eigenvalue weighted by Gasteiger charge is -2.49. The Morgan fingerprint density at radius 1 is 0.805 bits per heavy atom. The Morgan fingerprint density at radius 2 is 1.56 bits per heavy atom. The number of carbonyl (C=O) groups excluding carboxylic acids is 3. The first-order chi connectivity index (χ1) is 19.5. The average Bonchev–Trinajstić information content (AvgIpc) is 2.91. The number of ketones is 3. The number of hydrogen-bond donors (Lipinski definition) is 3. The molecule has 0 bridgehead atoms. The number of aryl methyl sites for hydroxylation is 1. The van der Waals surface area contributed by atoms with E-state index in [0.717, 1.165) is 0 Å². The fourth-order valence-electron chi connectivity index (χ4n) is 6.63. The molecule has 3 saturated heterocycles. The molecule has 0 aromatic heterocycles. The average molecular weight is 561 g/mol. The van der Waals surface area contributed by atoms with Crippen LogP contribution in [-0.4, -0.2) is 69.5 Å². The van der Waals surface area contributed by atoms with Crippen molar-refractivity contribution in [3.05, 3.63) is 63.7 Å². The van der Waals surface area contributed by atoms with Crippen molar-refractivity contribution < 1.29 is 48.7 Å². The van der Waals surface area contributed by atoms with E-state index in [0.29, 0.717) is 11.1 Å². The monoisotopic (exact) mass is 560 g/mol. The van der Waals surface area contributed by atoms with E-state index in [9.17, 15) is 29.7 Å². The van der Waals surface area contributed by atoms with E-state index in [1.807, 2.05) is 6.92 Å². The highest BCUT2D eigenvalue weighted by Gasteiger charge is 2.50. The molecule has 3 N–H and O–H groups in total. The summed E-state index contributed by atoms with van der Waals surface area (Å²) in [6.45, 7) is 5.22. The quantitative estimate of drug-likeness (QED) is 0.314. The number of ether oxygens (including phenoxy) is 4. The minimum absolute atomic E-state index is 0.00759. The van der Waals surface area contributed by atoms with Crippen LogP contribution >= 0.6 is 0 Å². The van der Waals surface area contributed by atoms with Gasteiger partial charge in [-0.2, -0.15) is 0 Å². The third-order valence-corrected chi connectivity index (χ3v) is 8.63. The number of aromatic hydroxyl groups is 3. The maximum Gasteiger partial charge on any atom is 0.198 e. The number of rotatable bonds is 1. The van der Waals surface area contributed by atoms with Gasteiger partial charge >= 0.3 is 0 Å². The van der Waals surface area contributed by atoms with Crippen molar-refractivity contribution in [3.8, 4) is 17.2 Å². The van der Waals surface area contributed by atoms with E-state index < -0.39 is 60.2 Å². The molecule has 1 aliphatic carbocycles. The third kappa shape index (κ3) is 3.82. The summed E-state index contributed by atoms with van der Waals surface area (Å²) >= 11 is 0. The fraction of sp³-hybridized carbons (Fsp3) is 0.387. The first-order valence-corrected chi connectivity index (χ1v) is 13.6. The molecule has 0 amide bonds. The number of fused-ring (bicyclic) bond motifs is 6. The molecule has 0 saturated carbocycles. The van der Waals surface area contributed by atoms with Crippen molar-refractivity contribution >= 4 is 28.1 Å². The number of benzene rings is 3. The summed E-state index contributed by atoms with van der Waals surface area (Å²) in [6.07, 6.45) is -3.45. The summed E-state index contributed by atoms with van der Waals surface area (Å²) < 4.78 is 24.3. The Morgan fingerprint density at radius 3 is 2.34 bits per heavy atom. The van der Waals surface area contributed by atoms with Crippen molar-refractivity contribution in [2.75, 3.05) is 0 Å². The Labute approximate surface area is 234 Å². The van der Waals surface area contributed by atoms with E-state index in [1.54, 1.807) is 26.0 Å². The van der Waals surface area contributed by atoms with Gasteiger partial charge in [0.05, 0.1) is 23.9 Å². The smallest absolute Gasteiger partial charge is 0.198 e. The van der Waals surface area contributed by atoms with E-state index >= 15 is 0 Å². The molecular formula is C31H28O10. The molecule has 0 spiro atoms. The zero-order valence-electron chi connectivity index (χ0n) is 22.5. The van der Waals surface area contributed by atoms with Gasteiger partial charge in [-0.15, -0.1) is 0 Å². The third-order valence-electron chi connectivity index (χ3n) is 8.63. The molecule has 4 aliphatic rings. The summed E-state index contributed by atoms with van der Waals surface area (Å²) in [5.74, 6) is -2.13. The standard InChI is InChI=1S/C31H28O10/c1-11-6-16-19(33)8-17-25(24(16)20(34)7-11)28(36)15-5-4-14(27(35)26(15)29(17)37)21-10-22-30(13(3)38-21)40-23-9-18(32)12(2)39-31(23)41-22/h4-8,12-13,21-23,30-31,33-35H,9-10H2,1-3H3. The molecule has 212 valence electrons. The van der Waals surface area contributed by atoms with Crippen LogP contribution in [0.4, 0.5) is 0 Å². The minimum Gasteiger partial charge on any atom is -0.507 e. The van der Waals surface area contributed by atoms with Crippen LogP contribution < -0.4 is 0 Å². The molecule has 3 aromatic rings. The molecule has 10 heteroatoms. The number of hydrogen-bond acceptors (Lipinski definition) is 10. The Balaban J connectivity index is 1.25. The van der Waals surface area contributed by atoms with Gasteiger partial charge in [0, 0.05) is 45.9 Å². The molecule has 7 rings (SSSR count). The molecule has 10 nitrogen and oxygen atoms in total. The Hall–Kier alpha value is -3.83. The summed E-state index contributed by atoms with van der Waals surface area (Å²) in [4.78, 5) is 39.6. The van der Waals surface area contributed by atoms with Gasteiger partial charge in [-0.1, -0.05) is 6.07 Å². The van der Waals surface area contributed by atoms with Crippen LogP contribution in [0.2, 0.25) is 0 Å². The molecule has 3 aliphatic heterocycles. The minimum atomic E-state index is -0.703. The number of carbonyl (C=O) groups is 3. The summed E-state index contributed by atoms with van der Waals surface area (Å²) in [7, 11) is 0. The van der Waals surface area contributed by atoms with Crippen LogP contribution in [0, 0.1) is 6.92 Å². The van der Waals surface area contributed by atoms with E-state index in [1.165, 1.54) is 18.2 Å². The van der Waals surface area contributed by atoms with Gasteiger partial charge < -0.3 is 34.3 Å². The highest BCUT2D eigenvalue weighted by Crippen LogP contribution is 2.47. The molecule has 0 radical (unpaired) electrons. The van der Waals surface area contributed by atoms with Gasteiger partial charge in [0.1, 0.15) is 35.6 Å². The van der Waals surface area contributed by atoms with Gasteiger partial charge in [0.15, 0.2) is 23.6 Å². The number of Topliss-reactive ketones (excluding diaryl/α,β-unsaturated/α-hetero) is 1. The Kier molecular flexibility index (Phi) is 5.78. The lowest BCUT2D eigenvalue weighted by atomic mass is 9.79. The second kappa shape index (κ2) is 9.09. The maximum absolute atomic E-state index is 13.8. The van der Waals surface area contributed by atoms with E-state index in [-0.39, 0.29) is 63.2 Å². The van der Waals surface area contributed by atoms with Gasteiger partial charge in [-0.25, -0.2) is 0 Å². The maximum atomic E-state index is 13.8. The van der Waals surface area contributed by atoms with Crippen LogP contribution in [0.5, 0.6) is 17.2 Å². The molecule has 3 fully saturated rings. The summed E-state index contributed by atoms with van der Waals surface area (Å²) in [5.41, 5.74) is 0.658. The van der Waals surface area contributed by atoms with Gasteiger partial charge in [-0.3, -0.25) is 14.4 Å². The first kappa shape index (κ1) is 26.1. The van der Waals surface area contributed by atoms with Gasteiger partial charge in [-0.05, 0) is 50.6 Å². The molecule has 7 unspecified atom stereocenters. The van der Waals surface area contributed by atoms with Crippen molar-refractivity contribution in [2.45, 2.75) is 76.5 Å². The normalized spacial score (nSPS) is 30.9. The molecule has 7 atom stereocenters. The number of phenols is 3. The highest BCUT2D eigenvalue weighted by molar-refractivity contribution is 6.34. The second-order valence-electron chi connectivity index (χ2n) is 11.3. The molecule has 3 heterocycles. The van der Waals surface area contributed by atoms with Crippen LogP contribution in [0.15, 0.2) is 30.3 Å². The van der Waals surface area contributed by atoms with E-state index in [4.69, 9.17) is 18.9 Å². The fourth-order valence-corrected chi connectivity index (χ4v) is 6.63. The predicted octanol–water partition coefficient (Wildman–Crippen LogP) is 3.75. The molecule has 41 heavy (non-hydrogen) atoms. The topological polar surface area (TPSA) is 149 Å². The zero-order chi connectivity index (χ0) is 28.9. The first-order valence-electron chi connectivity index (χ1n) is 13.6. The van der Waals surface area contributed by atoms with E-state index in [2.05, 4.69) is 0 Å². The van der Waals surface area contributed by atoms with Crippen molar-refractivity contribution in [1.82, 2.24) is 0 Å². The van der Waals surface area contributed by atoms with Crippen LogP contribution in [0.25, 0.3) is 10.8 Å². The predicted molar refractivity (Wildman–Crippen MR) is 142 cm³/mol. The van der Waals surface area contributed by atoms with Crippen LogP contribution in [0.3, 0.4) is 0 Å². The largest absolute Gasteiger partial charge is 0.507 e. The highest BCUT2D eigenvalue weighted by atomic mass is 16.7. The molecule has 3 aromatic carbocycles.